The fourth-order valence-electron chi connectivity index (χ4n) is 2.23. The Morgan fingerprint density at radius 1 is 1.23 bits per heavy atom. The van der Waals surface area contributed by atoms with Gasteiger partial charge in [-0.3, -0.25) is 4.98 Å². The molecule has 2 rings (SSSR count). The van der Waals surface area contributed by atoms with Crippen molar-refractivity contribution in [3.8, 4) is 0 Å². The Morgan fingerprint density at radius 3 is 2.59 bits per heavy atom. The topological polar surface area (TPSA) is 24.9 Å². The predicted octanol–water partition coefficient (Wildman–Crippen LogP) is 5.11. The lowest BCUT2D eigenvalue weighted by molar-refractivity contribution is 0.626. The van der Waals surface area contributed by atoms with E-state index >= 15 is 0 Å². The summed E-state index contributed by atoms with van der Waals surface area (Å²) in [6, 6.07) is 8.59. The lowest BCUT2D eigenvalue weighted by atomic mass is 9.99. The van der Waals surface area contributed by atoms with Crippen molar-refractivity contribution >= 4 is 11.3 Å². The molecule has 0 aliphatic heterocycles. The van der Waals surface area contributed by atoms with Gasteiger partial charge < -0.3 is 5.32 Å². The van der Waals surface area contributed by atoms with Gasteiger partial charge in [-0.2, -0.15) is 0 Å². The zero-order chi connectivity index (χ0) is 15.9. The molecule has 2 aromatic rings. The number of pyridine rings is 1. The van der Waals surface area contributed by atoms with E-state index < -0.39 is 0 Å². The quantitative estimate of drug-likeness (QED) is 0.775. The van der Waals surface area contributed by atoms with E-state index in [1.165, 1.54) is 12.1 Å². The molecule has 0 atom stereocenters. The molecule has 2 nitrogen and oxygen atoms in total. The number of hydrogen-bond donors (Lipinski definition) is 1. The van der Waals surface area contributed by atoms with Crippen LogP contribution in [0.3, 0.4) is 0 Å². The highest BCUT2D eigenvalue weighted by atomic mass is 19.1. The van der Waals surface area contributed by atoms with E-state index in [9.17, 15) is 4.39 Å². The predicted molar refractivity (Wildman–Crippen MR) is 90.9 cm³/mol. The Morgan fingerprint density at radius 2 is 1.95 bits per heavy atom. The highest BCUT2D eigenvalue weighted by Crippen LogP contribution is 2.23. The molecule has 1 aromatic carbocycles. The lowest BCUT2D eigenvalue weighted by Gasteiger charge is -2.10. The smallest absolute Gasteiger partial charge is 0.123 e. The summed E-state index contributed by atoms with van der Waals surface area (Å²) >= 11 is 0. The summed E-state index contributed by atoms with van der Waals surface area (Å²) in [6.45, 7) is 7.64. The van der Waals surface area contributed by atoms with Crippen LogP contribution in [-0.2, 0) is 0 Å². The van der Waals surface area contributed by atoms with Gasteiger partial charge in [-0.25, -0.2) is 4.39 Å². The molecule has 1 aromatic heterocycles. The number of nitrogens with zero attached hydrogens (tertiary/aromatic N) is 1. The third kappa shape index (κ3) is 4.16. The average molecular weight is 294 g/mol. The maximum absolute atomic E-state index is 13.3. The Hall–Kier alpha value is -2.68. The third-order valence-corrected chi connectivity index (χ3v) is 3.19. The van der Waals surface area contributed by atoms with Crippen LogP contribution >= 0.6 is 0 Å². The second-order valence-electron chi connectivity index (χ2n) is 5.01. The number of allylic oxidation sites excluding steroid dienone is 5. The van der Waals surface area contributed by atoms with E-state index in [1.807, 2.05) is 38.1 Å². The maximum atomic E-state index is 13.3. The molecule has 0 amide bonds. The normalized spacial score (nSPS) is 12.1. The molecular formula is C19H19FN2. The summed E-state index contributed by atoms with van der Waals surface area (Å²) in [6.07, 6.45) is 9.13. The van der Waals surface area contributed by atoms with Gasteiger partial charge in [-0.05, 0) is 60.9 Å². The third-order valence-electron chi connectivity index (χ3n) is 3.19. The second-order valence-corrected chi connectivity index (χ2v) is 5.01. The summed E-state index contributed by atoms with van der Waals surface area (Å²) in [4.78, 5) is 3.99. The first-order valence-corrected chi connectivity index (χ1v) is 7.05. The van der Waals surface area contributed by atoms with Crippen LogP contribution in [0.15, 0.2) is 73.2 Å². The van der Waals surface area contributed by atoms with Crippen LogP contribution in [0.5, 0.6) is 0 Å². The van der Waals surface area contributed by atoms with Gasteiger partial charge in [-0.15, -0.1) is 0 Å². The lowest BCUT2D eigenvalue weighted by Crippen LogP contribution is -1.97. The van der Waals surface area contributed by atoms with Crippen molar-refractivity contribution in [2.75, 3.05) is 5.32 Å². The van der Waals surface area contributed by atoms with Gasteiger partial charge in [-0.1, -0.05) is 24.8 Å². The van der Waals surface area contributed by atoms with Crippen LogP contribution in [-0.4, -0.2) is 4.98 Å². The number of halogens is 1. The van der Waals surface area contributed by atoms with Crippen molar-refractivity contribution in [3.63, 3.8) is 0 Å². The zero-order valence-corrected chi connectivity index (χ0v) is 12.8. The molecule has 112 valence electrons. The number of aryl methyl sites for hydroxylation is 1. The van der Waals surface area contributed by atoms with Crippen LogP contribution in [0.2, 0.25) is 0 Å². The van der Waals surface area contributed by atoms with E-state index in [2.05, 4.69) is 16.9 Å². The molecule has 0 unspecified atom stereocenters. The van der Waals surface area contributed by atoms with Crippen molar-refractivity contribution < 1.29 is 4.39 Å². The largest absolute Gasteiger partial charge is 0.359 e. The standard InChI is InChI=1S/C19H19FN2/c1-4-5-16(19-7-6-17(20)12-14(19)2)13-15(3)22-18-8-10-21-11-9-18/h4-13H,1H2,2-3H3,(H,21,22)/b15-13+,16-5+. The average Bonchev–Trinajstić information content (AvgIpc) is 2.48. The van der Waals surface area contributed by atoms with Crippen LogP contribution in [0.1, 0.15) is 18.1 Å². The Labute approximate surface area is 130 Å². The van der Waals surface area contributed by atoms with Crippen LogP contribution in [0.4, 0.5) is 10.1 Å². The van der Waals surface area contributed by atoms with Gasteiger partial charge in [0.05, 0.1) is 0 Å². The molecule has 0 aliphatic carbocycles. The van der Waals surface area contributed by atoms with E-state index in [0.29, 0.717) is 0 Å². The molecule has 1 N–H and O–H groups in total. The molecule has 3 heteroatoms. The van der Waals surface area contributed by atoms with Gasteiger partial charge in [0.15, 0.2) is 0 Å². The van der Waals surface area contributed by atoms with Gasteiger partial charge in [0, 0.05) is 23.8 Å². The molecule has 0 saturated carbocycles. The summed E-state index contributed by atoms with van der Waals surface area (Å²) < 4.78 is 13.3. The fourth-order valence-corrected chi connectivity index (χ4v) is 2.23. The summed E-state index contributed by atoms with van der Waals surface area (Å²) in [5.74, 6) is -0.227. The first-order valence-electron chi connectivity index (χ1n) is 7.05. The number of hydrogen-bond acceptors (Lipinski definition) is 2. The van der Waals surface area contributed by atoms with Crippen molar-refractivity contribution in [1.29, 1.82) is 0 Å². The molecule has 0 spiro atoms. The van der Waals surface area contributed by atoms with E-state index in [-0.39, 0.29) is 5.82 Å². The van der Waals surface area contributed by atoms with Crippen molar-refractivity contribution in [2.24, 2.45) is 0 Å². The molecule has 1 heterocycles. The van der Waals surface area contributed by atoms with Crippen LogP contribution in [0.25, 0.3) is 5.57 Å². The van der Waals surface area contributed by atoms with Gasteiger partial charge in [0.25, 0.3) is 0 Å². The second kappa shape index (κ2) is 7.36. The molecule has 22 heavy (non-hydrogen) atoms. The van der Waals surface area contributed by atoms with Gasteiger partial charge in [0.1, 0.15) is 5.82 Å². The molecule has 0 saturated heterocycles. The summed E-state index contributed by atoms with van der Waals surface area (Å²) in [5, 5.41) is 3.30. The highest BCUT2D eigenvalue weighted by molar-refractivity contribution is 5.78. The monoisotopic (exact) mass is 294 g/mol. The number of anilines is 1. The summed E-state index contributed by atoms with van der Waals surface area (Å²) in [5.41, 5.74) is 4.80. The minimum absolute atomic E-state index is 0.227. The maximum Gasteiger partial charge on any atom is 0.123 e. The van der Waals surface area contributed by atoms with E-state index in [4.69, 9.17) is 0 Å². The minimum atomic E-state index is -0.227. The van der Waals surface area contributed by atoms with E-state index in [0.717, 1.165) is 28.1 Å². The van der Waals surface area contributed by atoms with Gasteiger partial charge >= 0.3 is 0 Å². The molecule has 0 aliphatic rings. The number of rotatable bonds is 5. The highest BCUT2D eigenvalue weighted by Gasteiger charge is 2.04. The van der Waals surface area contributed by atoms with Crippen LogP contribution in [0, 0.1) is 12.7 Å². The Balaban J connectivity index is 2.30. The first-order chi connectivity index (χ1) is 10.6. The Kier molecular flexibility index (Phi) is 5.26. The molecular weight excluding hydrogens is 275 g/mol. The number of benzene rings is 1. The zero-order valence-electron chi connectivity index (χ0n) is 12.8. The molecule has 0 fully saturated rings. The fraction of sp³-hybridized carbons (Fsp3) is 0.105. The first kappa shape index (κ1) is 15.7. The van der Waals surface area contributed by atoms with Crippen molar-refractivity contribution in [1.82, 2.24) is 4.98 Å². The number of aromatic nitrogens is 1. The molecule has 0 bridgehead atoms. The van der Waals surface area contributed by atoms with Crippen molar-refractivity contribution in [3.05, 3.63) is 90.2 Å². The van der Waals surface area contributed by atoms with Crippen LogP contribution < -0.4 is 5.32 Å². The van der Waals surface area contributed by atoms with Crippen molar-refractivity contribution in [2.45, 2.75) is 13.8 Å². The molecule has 0 radical (unpaired) electrons. The Bertz CT molecular complexity index is 715. The van der Waals surface area contributed by atoms with E-state index in [1.54, 1.807) is 24.5 Å². The summed E-state index contributed by atoms with van der Waals surface area (Å²) in [7, 11) is 0. The van der Waals surface area contributed by atoms with Gasteiger partial charge in [0.2, 0.25) is 0 Å². The minimum Gasteiger partial charge on any atom is -0.359 e. The number of nitrogens with one attached hydrogen (secondary N) is 1. The SMILES string of the molecule is C=C/C=C(\C=C(/C)Nc1ccncc1)c1ccc(F)cc1C.